The summed E-state index contributed by atoms with van der Waals surface area (Å²) < 4.78 is 11.7. The van der Waals surface area contributed by atoms with E-state index >= 15 is 0 Å². The number of amides is 1. The average molecular weight is 201 g/mol. The summed E-state index contributed by atoms with van der Waals surface area (Å²) in [5.41, 5.74) is -0.0498. The summed E-state index contributed by atoms with van der Waals surface area (Å²) in [5.74, 6) is -1.11. The second kappa shape index (κ2) is 3.94. The average Bonchev–Trinajstić information content (AvgIpc) is 2.63. The van der Waals surface area contributed by atoms with E-state index in [1.54, 1.807) is 0 Å². The Bertz CT molecular complexity index is 305. The third-order valence-corrected chi connectivity index (χ3v) is 1.84. The SMILES string of the molecule is CNC(=O)c1nsnc1C(=O)OC. The molecule has 1 N–H and O–H groups in total. The molecule has 1 rings (SSSR count). The van der Waals surface area contributed by atoms with E-state index in [0.29, 0.717) is 0 Å². The van der Waals surface area contributed by atoms with Crippen molar-refractivity contribution >= 4 is 23.6 Å². The molecule has 0 unspecified atom stereocenters. The van der Waals surface area contributed by atoms with Crippen molar-refractivity contribution in [1.29, 1.82) is 0 Å². The van der Waals surface area contributed by atoms with Gasteiger partial charge in [0.1, 0.15) is 0 Å². The van der Waals surface area contributed by atoms with E-state index in [-0.39, 0.29) is 11.4 Å². The van der Waals surface area contributed by atoms with Gasteiger partial charge in [-0.25, -0.2) is 4.79 Å². The second-order valence-electron chi connectivity index (χ2n) is 2.03. The van der Waals surface area contributed by atoms with E-state index in [1.165, 1.54) is 14.2 Å². The van der Waals surface area contributed by atoms with Gasteiger partial charge in [0.15, 0.2) is 11.4 Å². The van der Waals surface area contributed by atoms with Crippen molar-refractivity contribution in [3.8, 4) is 0 Å². The Kier molecular flexibility index (Phi) is 2.91. The van der Waals surface area contributed by atoms with Crippen molar-refractivity contribution < 1.29 is 14.3 Å². The van der Waals surface area contributed by atoms with E-state index < -0.39 is 11.9 Å². The summed E-state index contributed by atoms with van der Waals surface area (Å²) in [5, 5.41) is 2.34. The molecule has 1 aromatic heterocycles. The molecule has 0 radical (unpaired) electrons. The minimum absolute atomic E-state index is 0.000602. The summed E-state index contributed by atoms with van der Waals surface area (Å²) in [6, 6.07) is 0. The van der Waals surface area contributed by atoms with E-state index in [4.69, 9.17) is 0 Å². The number of carbonyl (C=O) groups excluding carboxylic acids is 2. The predicted octanol–water partition coefficient (Wildman–Crippen LogP) is -0.316. The topological polar surface area (TPSA) is 81.2 Å². The van der Waals surface area contributed by atoms with Crippen LogP contribution in [0.4, 0.5) is 0 Å². The van der Waals surface area contributed by atoms with Crippen LogP contribution in [0.5, 0.6) is 0 Å². The first-order valence-corrected chi connectivity index (χ1v) is 4.06. The maximum atomic E-state index is 11.1. The second-order valence-corrected chi connectivity index (χ2v) is 2.56. The van der Waals surface area contributed by atoms with Crippen molar-refractivity contribution in [3.05, 3.63) is 11.4 Å². The molecule has 1 amide bonds. The maximum absolute atomic E-state index is 11.1. The zero-order valence-corrected chi connectivity index (χ0v) is 7.84. The first-order valence-electron chi connectivity index (χ1n) is 3.33. The van der Waals surface area contributed by atoms with Gasteiger partial charge in [-0.3, -0.25) is 4.79 Å². The van der Waals surface area contributed by atoms with Crippen LogP contribution >= 0.6 is 11.7 Å². The lowest BCUT2D eigenvalue weighted by molar-refractivity contribution is 0.0590. The number of ether oxygens (including phenoxy) is 1. The van der Waals surface area contributed by atoms with Crippen molar-refractivity contribution in [3.63, 3.8) is 0 Å². The van der Waals surface area contributed by atoms with Gasteiger partial charge in [0, 0.05) is 7.05 Å². The number of nitrogens with one attached hydrogen (secondary N) is 1. The van der Waals surface area contributed by atoms with Crippen LogP contribution in [0, 0.1) is 0 Å². The van der Waals surface area contributed by atoms with Crippen molar-refractivity contribution in [2.75, 3.05) is 14.2 Å². The summed E-state index contributed by atoms with van der Waals surface area (Å²) in [7, 11) is 2.66. The van der Waals surface area contributed by atoms with E-state index in [1.807, 2.05) is 0 Å². The minimum Gasteiger partial charge on any atom is -0.464 e. The Morgan fingerprint density at radius 3 is 2.54 bits per heavy atom. The Morgan fingerprint density at radius 2 is 2.00 bits per heavy atom. The van der Waals surface area contributed by atoms with Crippen molar-refractivity contribution in [2.24, 2.45) is 0 Å². The standard InChI is InChI=1S/C6H7N3O3S/c1-7-5(10)3-4(6(11)12-2)9-13-8-3/h1-2H3,(H,7,10). The smallest absolute Gasteiger partial charge is 0.360 e. The van der Waals surface area contributed by atoms with Crippen LogP contribution in [0.25, 0.3) is 0 Å². The first-order chi connectivity index (χ1) is 6.20. The lowest BCUT2D eigenvalue weighted by Crippen LogP contribution is -2.21. The number of aromatic nitrogens is 2. The van der Waals surface area contributed by atoms with Crippen LogP contribution in [-0.4, -0.2) is 34.8 Å². The molecule has 0 bridgehead atoms. The molecule has 1 heterocycles. The van der Waals surface area contributed by atoms with Crippen molar-refractivity contribution in [1.82, 2.24) is 14.1 Å². The van der Waals surface area contributed by atoms with Gasteiger partial charge in [0.2, 0.25) is 0 Å². The fraction of sp³-hybridized carbons (Fsp3) is 0.333. The number of nitrogens with zero attached hydrogens (tertiary/aromatic N) is 2. The number of esters is 1. The highest BCUT2D eigenvalue weighted by Gasteiger charge is 2.21. The zero-order chi connectivity index (χ0) is 9.84. The van der Waals surface area contributed by atoms with Gasteiger partial charge in [-0.05, 0) is 0 Å². The van der Waals surface area contributed by atoms with Crippen LogP contribution in [-0.2, 0) is 4.74 Å². The molecule has 0 fully saturated rings. The normalized spacial score (nSPS) is 9.38. The van der Waals surface area contributed by atoms with Crippen LogP contribution in [0.3, 0.4) is 0 Å². The quantitative estimate of drug-likeness (QED) is 0.663. The monoisotopic (exact) mass is 201 g/mol. The van der Waals surface area contributed by atoms with Gasteiger partial charge in [0.25, 0.3) is 5.91 Å². The molecular formula is C6H7N3O3S. The molecule has 0 aliphatic heterocycles. The maximum Gasteiger partial charge on any atom is 0.360 e. The fourth-order valence-corrected chi connectivity index (χ4v) is 1.22. The highest BCUT2D eigenvalue weighted by Crippen LogP contribution is 2.06. The number of hydrogen-bond acceptors (Lipinski definition) is 6. The Balaban J connectivity index is 3.02. The van der Waals surface area contributed by atoms with Crippen molar-refractivity contribution in [2.45, 2.75) is 0 Å². The molecule has 0 spiro atoms. The number of methoxy groups -OCH3 is 1. The summed E-state index contributed by atoms with van der Waals surface area (Å²) >= 11 is 0.792. The summed E-state index contributed by atoms with van der Waals surface area (Å²) in [6.45, 7) is 0. The van der Waals surface area contributed by atoms with E-state index in [9.17, 15) is 9.59 Å². The first kappa shape index (κ1) is 9.59. The third-order valence-electron chi connectivity index (χ3n) is 1.31. The molecule has 6 nitrogen and oxygen atoms in total. The van der Waals surface area contributed by atoms with Gasteiger partial charge >= 0.3 is 5.97 Å². The molecule has 0 aliphatic carbocycles. The number of carbonyl (C=O) groups is 2. The van der Waals surface area contributed by atoms with Gasteiger partial charge in [0.05, 0.1) is 18.8 Å². The molecule has 0 saturated carbocycles. The molecule has 0 aromatic carbocycles. The van der Waals surface area contributed by atoms with Crippen LogP contribution in [0.2, 0.25) is 0 Å². The minimum atomic E-state index is -0.660. The van der Waals surface area contributed by atoms with Gasteiger partial charge in [-0.15, -0.1) is 0 Å². The zero-order valence-electron chi connectivity index (χ0n) is 7.03. The van der Waals surface area contributed by atoms with Crippen LogP contribution in [0.15, 0.2) is 0 Å². The highest BCUT2D eigenvalue weighted by atomic mass is 32.1. The molecule has 0 saturated heterocycles. The molecule has 0 aliphatic rings. The fourth-order valence-electron chi connectivity index (χ4n) is 0.687. The van der Waals surface area contributed by atoms with Crippen LogP contribution < -0.4 is 5.32 Å². The lowest BCUT2D eigenvalue weighted by Gasteiger charge is -1.96. The summed E-state index contributed by atoms with van der Waals surface area (Å²) in [6.07, 6.45) is 0. The molecular weight excluding hydrogens is 194 g/mol. The molecule has 13 heavy (non-hydrogen) atoms. The highest BCUT2D eigenvalue weighted by molar-refractivity contribution is 6.99. The number of rotatable bonds is 2. The Morgan fingerprint density at radius 1 is 1.38 bits per heavy atom. The van der Waals surface area contributed by atoms with E-state index in [0.717, 1.165) is 11.7 Å². The number of hydrogen-bond donors (Lipinski definition) is 1. The van der Waals surface area contributed by atoms with Gasteiger partial charge < -0.3 is 10.1 Å². The Hall–Kier alpha value is -1.50. The Labute approximate surface area is 78.2 Å². The lowest BCUT2D eigenvalue weighted by atomic mass is 10.3. The largest absolute Gasteiger partial charge is 0.464 e. The molecule has 70 valence electrons. The molecule has 0 atom stereocenters. The van der Waals surface area contributed by atoms with Gasteiger partial charge in [-0.2, -0.15) is 8.75 Å². The third kappa shape index (κ3) is 1.81. The predicted molar refractivity (Wildman–Crippen MR) is 44.6 cm³/mol. The molecule has 7 heteroatoms. The van der Waals surface area contributed by atoms with Crippen LogP contribution in [0.1, 0.15) is 21.0 Å². The summed E-state index contributed by atoms with van der Waals surface area (Å²) in [4.78, 5) is 22.1. The van der Waals surface area contributed by atoms with E-state index in [2.05, 4.69) is 18.8 Å². The van der Waals surface area contributed by atoms with Gasteiger partial charge in [-0.1, -0.05) is 0 Å². The molecule has 1 aromatic rings.